The van der Waals surface area contributed by atoms with Crippen LogP contribution in [-0.2, 0) is 5.60 Å². The van der Waals surface area contributed by atoms with Crippen molar-refractivity contribution in [1.82, 2.24) is 39.0 Å². The zero-order valence-electron chi connectivity index (χ0n) is 35.2. The van der Waals surface area contributed by atoms with Gasteiger partial charge < -0.3 is 44.1 Å². The molecule has 0 unspecified atom stereocenters. The Bertz CT molecular complexity index is 2340. The normalized spacial score (nSPS) is 14.4. The first-order valence-corrected chi connectivity index (χ1v) is 20.4. The number of imidazole rings is 2. The second kappa shape index (κ2) is 18.1. The van der Waals surface area contributed by atoms with Crippen molar-refractivity contribution in [2.45, 2.75) is 78.7 Å². The number of nitrogens with one attached hydrogen (secondary N) is 2. The molecule has 6 heterocycles. The maximum atomic E-state index is 10.6. The van der Waals surface area contributed by atoms with E-state index in [0.29, 0.717) is 23.3 Å². The van der Waals surface area contributed by atoms with Gasteiger partial charge in [0.1, 0.15) is 28.7 Å². The SMILES string of the molecule is COc1cc(Nc2nc(C)cc(N3CCCCC3)n2)ccc1-n1cnc(C)c1.COc1cc(Nc2nc(N3CCCCC3)cc(C(C)(C)O)n2)ccc1-n1cnc(C)c1. The van der Waals surface area contributed by atoms with Crippen LogP contribution in [0.3, 0.4) is 0 Å². The molecule has 2 aromatic carbocycles. The van der Waals surface area contributed by atoms with Crippen molar-refractivity contribution < 1.29 is 14.6 Å². The summed E-state index contributed by atoms with van der Waals surface area (Å²) in [6, 6.07) is 15.7. The molecule has 2 fully saturated rings. The summed E-state index contributed by atoms with van der Waals surface area (Å²) in [7, 11) is 3.32. The number of ether oxygens (including phenoxy) is 2. The molecular weight excluding hydrogens is 745 g/mol. The van der Waals surface area contributed by atoms with Crippen molar-refractivity contribution in [3.8, 4) is 22.9 Å². The third kappa shape index (κ3) is 10.3. The number of anilines is 6. The van der Waals surface area contributed by atoms with E-state index in [9.17, 15) is 5.11 Å². The number of aliphatic hydroxyl groups is 1. The van der Waals surface area contributed by atoms with Crippen LogP contribution in [0.5, 0.6) is 11.5 Å². The molecule has 0 saturated carbocycles. The van der Waals surface area contributed by atoms with Gasteiger partial charge in [0.15, 0.2) is 0 Å². The molecule has 310 valence electrons. The van der Waals surface area contributed by atoms with Crippen LogP contribution in [0.15, 0.2) is 73.6 Å². The smallest absolute Gasteiger partial charge is 0.229 e. The molecule has 15 nitrogen and oxygen atoms in total. The lowest BCUT2D eigenvalue weighted by atomic mass is 10.0. The predicted octanol–water partition coefficient (Wildman–Crippen LogP) is 7.96. The maximum absolute atomic E-state index is 10.6. The largest absolute Gasteiger partial charge is 0.494 e. The Morgan fingerprint density at radius 2 is 1.03 bits per heavy atom. The fourth-order valence-corrected chi connectivity index (χ4v) is 7.28. The lowest BCUT2D eigenvalue weighted by Crippen LogP contribution is -2.31. The van der Waals surface area contributed by atoms with Crippen LogP contribution in [0.4, 0.5) is 34.9 Å². The van der Waals surface area contributed by atoms with Gasteiger partial charge in [-0.15, -0.1) is 0 Å². The minimum Gasteiger partial charge on any atom is -0.494 e. The number of nitrogens with zero attached hydrogens (tertiary/aromatic N) is 10. The number of piperidine rings is 2. The third-order valence-electron chi connectivity index (χ3n) is 10.4. The fraction of sp³-hybridized carbons (Fsp3) is 0.409. The summed E-state index contributed by atoms with van der Waals surface area (Å²) in [5.74, 6) is 4.35. The molecule has 15 heteroatoms. The lowest BCUT2D eigenvalue weighted by molar-refractivity contribution is 0.0739. The molecule has 2 aliphatic heterocycles. The summed E-state index contributed by atoms with van der Waals surface area (Å²) in [4.78, 5) is 31.8. The third-order valence-corrected chi connectivity index (χ3v) is 10.4. The molecular formula is C44H56N12O3. The summed E-state index contributed by atoms with van der Waals surface area (Å²) in [6.07, 6.45) is 14.8. The summed E-state index contributed by atoms with van der Waals surface area (Å²) >= 11 is 0. The van der Waals surface area contributed by atoms with Crippen LogP contribution in [0.1, 0.15) is 75.1 Å². The molecule has 2 saturated heterocycles. The first kappa shape index (κ1) is 41.0. The van der Waals surface area contributed by atoms with Crippen molar-refractivity contribution >= 4 is 34.9 Å². The molecule has 0 aliphatic carbocycles. The maximum Gasteiger partial charge on any atom is 0.229 e. The number of rotatable bonds is 11. The number of benzene rings is 2. The van der Waals surface area contributed by atoms with Crippen LogP contribution in [-0.4, -0.2) is 84.5 Å². The standard InChI is InChI=1S/C23H30N6O2.C21H26N6O/c1-16-14-29(15-24-16)18-9-8-17(12-19(18)31-4)25-22-26-20(23(2,3)30)13-21(27-22)28-10-6-5-7-11-28;1-15-11-20(26-9-5-4-6-10-26)25-21(23-15)24-17-7-8-18(19(12-17)28-3)27-13-16(2)22-14-27/h8-9,12-15,30H,5-7,10-11H2,1-4H3,(H,25,26,27);7-8,11-14H,4-6,9-10H2,1-3H3,(H,23,24,25). The molecule has 59 heavy (non-hydrogen) atoms. The Kier molecular flexibility index (Phi) is 12.6. The van der Waals surface area contributed by atoms with Crippen LogP contribution in [0, 0.1) is 20.8 Å². The summed E-state index contributed by atoms with van der Waals surface area (Å²) in [5, 5.41) is 17.2. The first-order chi connectivity index (χ1) is 28.4. The number of aromatic nitrogens is 8. The molecule has 3 N–H and O–H groups in total. The van der Waals surface area contributed by atoms with Crippen molar-refractivity contribution in [2.75, 3.05) is 60.8 Å². The van der Waals surface area contributed by atoms with E-state index in [1.165, 1.54) is 25.7 Å². The minimum absolute atomic E-state index is 0.452. The quantitative estimate of drug-likeness (QED) is 0.116. The Labute approximate surface area is 346 Å². The van der Waals surface area contributed by atoms with Gasteiger partial charge in [0, 0.05) is 79.9 Å². The highest BCUT2D eigenvalue weighted by molar-refractivity contribution is 5.64. The summed E-state index contributed by atoms with van der Waals surface area (Å²) < 4.78 is 15.1. The predicted molar refractivity (Wildman–Crippen MR) is 232 cm³/mol. The zero-order chi connectivity index (χ0) is 41.5. The molecule has 0 radical (unpaired) electrons. The second-order valence-corrected chi connectivity index (χ2v) is 15.6. The number of aryl methyl sites for hydroxylation is 3. The van der Waals surface area contributed by atoms with Crippen LogP contribution < -0.4 is 29.9 Å². The van der Waals surface area contributed by atoms with Gasteiger partial charge in [0.25, 0.3) is 0 Å². The molecule has 0 amide bonds. The van der Waals surface area contributed by atoms with E-state index >= 15 is 0 Å². The second-order valence-electron chi connectivity index (χ2n) is 15.6. The van der Waals surface area contributed by atoms with Gasteiger partial charge in [0.2, 0.25) is 11.9 Å². The fourth-order valence-electron chi connectivity index (χ4n) is 7.28. The molecule has 8 rings (SSSR count). The number of methoxy groups -OCH3 is 2. The zero-order valence-corrected chi connectivity index (χ0v) is 35.2. The van der Waals surface area contributed by atoms with Gasteiger partial charge in [-0.1, -0.05) is 0 Å². The summed E-state index contributed by atoms with van der Waals surface area (Å²) in [5.41, 5.74) is 5.89. The summed E-state index contributed by atoms with van der Waals surface area (Å²) in [6.45, 7) is 13.5. The molecule has 2 aliphatic rings. The average Bonchev–Trinajstić information content (AvgIpc) is 3.88. The van der Waals surface area contributed by atoms with Crippen LogP contribution in [0.2, 0.25) is 0 Å². The van der Waals surface area contributed by atoms with E-state index in [0.717, 1.165) is 96.2 Å². The van der Waals surface area contributed by atoms with E-state index in [4.69, 9.17) is 19.4 Å². The van der Waals surface area contributed by atoms with Crippen molar-refractivity contribution in [2.24, 2.45) is 0 Å². The van der Waals surface area contributed by atoms with Gasteiger partial charge in [-0.3, -0.25) is 0 Å². The Morgan fingerprint density at radius 3 is 1.46 bits per heavy atom. The van der Waals surface area contributed by atoms with Gasteiger partial charge in [0.05, 0.1) is 55.3 Å². The Morgan fingerprint density at radius 1 is 0.576 bits per heavy atom. The Hall–Kier alpha value is -6.22. The van der Waals surface area contributed by atoms with E-state index in [1.807, 2.05) is 84.8 Å². The van der Waals surface area contributed by atoms with E-state index in [1.54, 1.807) is 40.7 Å². The van der Waals surface area contributed by atoms with Gasteiger partial charge in [-0.2, -0.15) is 9.97 Å². The van der Waals surface area contributed by atoms with Crippen molar-refractivity contribution in [3.05, 3.63) is 96.4 Å². The topological polar surface area (TPSA) is 156 Å². The van der Waals surface area contributed by atoms with E-state index < -0.39 is 5.60 Å². The highest BCUT2D eigenvalue weighted by Gasteiger charge is 2.23. The van der Waals surface area contributed by atoms with Gasteiger partial charge in [-0.25, -0.2) is 19.9 Å². The van der Waals surface area contributed by atoms with Gasteiger partial charge >= 0.3 is 0 Å². The monoisotopic (exact) mass is 800 g/mol. The first-order valence-electron chi connectivity index (χ1n) is 20.4. The molecule has 0 atom stereocenters. The van der Waals surface area contributed by atoms with Crippen LogP contribution >= 0.6 is 0 Å². The highest BCUT2D eigenvalue weighted by atomic mass is 16.5. The number of hydrogen-bond acceptors (Lipinski definition) is 13. The van der Waals surface area contributed by atoms with Crippen molar-refractivity contribution in [3.63, 3.8) is 0 Å². The van der Waals surface area contributed by atoms with Gasteiger partial charge in [-0.05, 0) is 97.4 Å². The van der Waals surface area contributed by atoms with Crippen LogP contribution in [0.25, 0.3) is 11.4 Å². The van der Waals surface area contributed by atoms with E-state index in [2.05, 4.69) is 46.4 Å². The highest BCUT2D eigenvalue weighted by Crippen LogP contribution is 2.32. The van der Waals surface area contributed by atoms with E-state index in [-0.39, 0.29) is 0 Å². The molecule has 0 spiro atoms. The Balaban J connectivity index is 0.000000180. The molecule has 6 aromatic rings. The minimum atomic E-state index is -1.06. The number of hydrogen-bond donors (Lipinski definition) is 3. The average molecular weight is 801 g/mol. The molecule has 0 bridgehead atoms. The van der Waals surface area contributed by atoms with Crippen molar-refractivity contribution in [1.29, 1.82) is 0 Å². The molecule has 4 aromatic heterocycles. The lowest BCUT2D eigenvalue weighted by Gasteiger charge is -2.29.